The molecule has 0 unspecified atom stereocenters. The zero-order chi connectivity index (χ0) is 13.2. The Kier molecular flexibility index (Phi) is 3.91. The molecule has 1 aromatic carbocycles. The van der Waals surface area contributed by atoms with Gasteiger partial charge in [-0.3, -0.25) is 0 Å². The van der Waals surface area contributed by atoms with Gasteiger partial charge in [-0.25, -0.2) is 8.42 Å². The fourth-order valence-electron chi connectivity index (χ4n) is 1.81. The Morgan fingerprint density at radius 2 is 2.17 bits per heavy atom. The zero-order valence-electron chi connectivity index (χ0n) is 9.71. The number of nitrogens with zero attached hydrogens (tertiary/aromatic N) is 2. The summed E-state index contributed by atoms with van der Waals surface area (Å²) >= 11 is 5.83. The van der Waals surface area contributed by atoms with Crippen molar-refractivity contribution in [2.24, 2.45) is 0 Å². The molecule has 1 aliphatic carbocycles. The van der Waals surface area contributed by atoms with Crippen molar-refractivity contribution in [2.75, 3.05) is 6.54 Å². The van der Waals surface area contributed by atoms with Crippen LogP contribution in [-0.2, 0) is 15.8 Å². The van der Waals surface area contributed by atoms with Crippen molar-refractivity contribution in [3.8, 4) is 6.07 Å². The topological polar surface area (TPSA) is 61.2 Å². The minimum Gasteiger partial charge on any atom is -0.212 e. The Balaban J connectivity index is 2.18. The van der Waals surface area contributed by atoms with Crippen LogP contribution in [0.25, 0.3) is 0 Å². The van der Waals surface area contributed by atoms with Gasteiger partial charge in [-0.15, -0.1) is 0 Å². The van der Waals surface area contributed by atoms with Crippen molar-refractivity contribution in [1.82, 2.24) is 4.31 Å². The maximum Gasteiger partial charge on any atom is 0.219 e. The van der Waals surface area contributed by atoms with Gasteiger partial charge in [0.25, 0.3) is 0 Å². The Morgan fingerprint density at radius 1 is 1.44 bits per heavy atom. The van der Waals surface area contributed by atoms with Crippen LogP contribution in [0.4, 0.5) is 0 Å². The van der Waals surface area contributed by atoms with Crippen LogP contribution in [0.5, 0.6) is 0 Å². The molecule has 0 atom stereocenters. The van der Waals surface area contributed by atoms with E-state index >= 15 is 0 Å². The molecule has 0 bridgehead atoms. The van der Waals surface area contributed by atoms with Crippen LogP contribution >= 0.6 is 11.6 Å². The maximum absolute atomic E-state index is 12.2. The van der Waals surface area contributed by atoms with Gasteiger partial charge in [0.2, 0.25) is 10.0 Å². The predicted molar refractivity (Wildman–Crippen MR) is 69.4 cm³/mol. The van der Waals surface area contributed by atoms with Gasteiger partial charge in [-0.05, 0) is 30.5 Å². The summed E-state index contributed by atoms with van der Waals surface area (Å²) in [6, 6.07) is 8.70. The van der Waals surface area contributed by atoms with E-state index in [0.717, 1.165) is 12.8 Å². The normalized spacial score (nSPS) is 15.6. The number of halogens is 1. The van der Waals surface area contributed by atoms with Gasteiger partial charge < -0.3 is 0 Å². The van der Waals surface area contributed by atoms with Crippen molar-refractivity contribution in [2.45, 2.75) is 24.6 Å². The summed E-state index contributed by atoms with van der Waals surface area (Å²) < 4.78 is 25.7. The third kappa shape index (κ3) is 3.22. The highest BCUT2D eigenvalue weighted by Gasteiger charge is 2.36. The van der Waals surface area contributed by atoms with E-state index in [9.17, 15) is 8.42 Å². The first-order valence-corrected chi connectivity index (χ1v) is 7.62. The monoisotopic (exact) mass is 284 g/mol. The molecule has 18 heavy (non-hydrogen) atoms. The smallest absolute Gasteiger partial charge is 0.212 e. The van der Waals surface area contributed by atoms with Crippen LogP contribution in [0, 0.1) is 11.3 Å². The highest BCUT2D eigenvalue weighted by molar-refractivity contribution is 7.88. The predicted octanol–water partition coefficient (Wildman–Crippen LogP) is 2.16. The Bertz CT molecular complexity index is 576. The summed E-state index contributed by atoms with van der Waals surface area (Å²) in [7, 11) is -3.44. The van der Waals surface area contributed by atoms with Gasteiger partial charge in [-0.2, -0.15) is 9.57 Å². The van der Waals surface area contributed by atoms with Gasteiger partial charge in [-0.1, -0.05) is 23.7 Å². The SMILES string of the molecule is N#CCN(C1CC1)S(=O)(=O)Cc1cccc(Cl)c1. The van der Waals surface area contributed by atoms with E-state index in [2.05, 4.69) is 0 Å². The lowest BCUT2D eigenvalue weighted by Gasteiger charge is -2.18. The molecule has 1 aliphatic rings. The molecule has 1 fully saturated rings. The molecule has 0 aromatic heterocycles. The van der Waals surface area contributed by atoms with Crippen LogP contribution in [0.3, 0.4) is 0 Å². The summed E-state index contributed by atoms with van der Waals surface area (Å²) in [5.74, 6) is -0.105. The second-order valence-corrected chi connectivity index (χ2v) is 6.68. The van der Waals surface area contributed by atoms with Gasteiger partial charge >= 0.3 is 0 Å². The number of hydrogen-bond donors (Lipinski definition) is 0. The highest BCUT2D eigenvalue weighted by atomic mass is 35.5. The molecule has 96 valence electrons. The summed E-state index contributed by atoms with van der Waals surface area (Å²) in [6.45, 7) is -0.0758. The van der Waals surface area contributed by atoms with Gasteiger partial charge in [0.15, 0.2) is 0 Å². The second-order valence-electron chi connectivity index (χ2n) is 4.32. The van der Waals surface area contributed by atoms with Crippen LogP contribution in [0.2, 0.25) is 5.02 Å². The van der Waals surface area contributed by atoms with E-state index in [-0.39, 0.29) is 18.3 Å². The summed E-state index contributed by atoms with van der Waals surface area (Å²) in [4.78, 5) is 0. The Hall–Kier alpha value is -1.09. The first kappa shape index (κ1) is 13.3. The van der Waals surface area contributed by atoms with Crippen LogP contribution in [-0.4, -0.2) is 25.3 Å². The molecule has 0 saturated heterocycles. The molecule has 1 saturated carbocycles. The van der Waals surface area contributed by atoms with Crippen molar-refractivity contribution in [3.05, 3.63) is 34.9 Å². The third-order valence-electron chi connectivity index (χ3n) is 2.78. The number of rotatable bonds is 5. The Morgan fingerprint density at radius 3 is 2.72 bits per heavy atom. The van der Waals surface area contributed by atoms with Gasteiger partial charge in [0.05, 0.1) is 11.8 Å². The van der Waals surface area contributed by atoms with Crippen molar-refractivity contribution in [3.63, 3.8) is 0 Å². The molecule has 6 heteroatoms. The molecule has 0 spiro atoms. The lowest BCUT2D eigenvalue weighted by molar-refractivity contribution is 0.438. The zero-order valence-corrected chi connectivity index (χ0v) is 11.3. The van der Waals surface area contributed by atoms with E-state index in [4.69, 9.17) is 16.9 Å². The lowest BCUT2D eigenvalue weighted by Crippen LogP contribution is -2.34. The fourth-order valence-corrected chi connectivity index (χ4v) is 3.71. The molecule has 4 nitrogen and oxygen atoms in total. The van der Waals surface area contributed by atoms with E-state index in [1.165, 1.54) is 4.31 Å². The van der Waals surface area contributed by atoms with Gasteiger partial charge in [0, 0.05) is 11.1 Å². The van der Waals surface area contributed by atoms with E-state index in [1.807, 2.05) is 6.07 Å². The largest absolute Gasteiger partial charge is 0.219 e. The number of nitriles is 1. The highest BCUT2D eigenvalue weighted by Crippen LogP contribution is 2.30. The summed E-state index contributed by atoms with van der Waals surface area (Å²) in [6.07, 6.45) is 1.69. The number of hydrogen-bond acceptors (Lipinski definition) is 3. The number of benzene rings is 1. The molecule has 0 N–H and O–H groups in total. The maximum atomic E-state index is 12.2. The molecule has 0 amide bonds. The molecular weight excluding hydrogens is 272 g/mol. The van der Waals surface area contributed by atoms with E-state index in [1.54, 1.807) is 24.3 Å². The summed E-state index contributed by atoms with van der Waals surface area (Å²) in [5.41, 5.74) is 0.645. The molecule has 2 rings (SSSR count). The molecule has 0 aliphatic heterocycles. The minimum atomic E-state index is -3.44. The first-order valence-electron chi connectivity index (χ1n) is 5.64. The second kappa shape index (κ2) is 5.27. The lowest BCUT2D eigenvalue weighted by atomic mass is 10.2. The quantitative estimate of drug-likeness (QED) is 0.779. The number of sulfonamides is 1. The van der Waals surface area contributed by atoms with Crippen molar-refractivity contribution in [1.29, 1.82) is 5.26 Å². The van der Waals surface area contributed by atoms with Crippen LogP contribution in [0.15, 0.2) is 24.3 Å². The summed E-state index contributed by atoms with van der Waals surface area (Å²) in [5, 5.41) is 9.22. The Labute approximate surface area is 112 Å². The van der Waals surface area contributed by atoms with E-state index < -0.39 is 10.0 Å². The molecule has 1 aromatic rings. The van der Waals surface area contributed by atoms with Gasteiger partial charge in [0.1, 0.15) is 6.54 Å². The fraction of sp³-hybridized carbons (Fsp3) is 0.417. The molecular formula is C12H13ClN2O2S. The standard InChI is InChI=1S/C12H13ClN2O2S/c13-11-3-1-2-10(8-11)9-18(16,17)15(7-6-14)12-4-5-12/h1-3,8,12H,4-5,7,9H2. The van der Waals surface area contributed by atoms with Crippen molar-refractivity contribution < 1.29 is 8.42 Å². The average Bonchev–Trinajstić information content (AvgIpc) is 3.08. The van der Waals surface area contributed by atoms with E-state index in [0.29, 0.717) is 10.6 Å². The molecule has 0 radical (unpaired) electrons. The molecule has 0 heterocycles. The van der Waals surface area contributed by atoms with Crippen LogP contribution < -0.4 is 0 Å². The minimum absolute atomic E-state index is 0.00818. The van der Waals surface area contributed by atoms with Crippen LogP contribution in [0.1, 0.15) is 18.4 Å². The first-order chi connectivity index (χ1) is 8.53. The third-order valence-corrected chi connectivity index (χ3v) is 4.85. The van der Waals surface area contributed by atoms with Crippen molar-refractivity contribution >= 4 is 21.6 Å². The average molecular weight is 285 g/mol.